The second kappa shape index (κ2) is 9.01. The van der Waals surface area contributed by atoms with Gasteiger partial charge in [0.25, 0.3) is 5.89 Å². The third kappa shape index (κ3) is 5.31. The molecule has 1 aromatic heterocycles. The highest BCUT2D eigenvalue weighted by Crippen LogP contribution is 2.18. The van der Waals surface area contributed by atoms with Crippen molar-refractivity contribution >= 4 is 29.3 Å². The Morgan fingerprint density at radius 1 is 1.14 bits per heavy atom. The lowest BCUT2D eigenvalue weighted by Gasteiger charge is -2.13. The van der Waals surface area contributed by atoms with E-state index in [1.54, 1.807) is 48.5 Å². The van der Waals surface area contributed by atoms with E-state index < -0.39 is 18.0 Å². The molecule has 0 bridgehead atoms. The zero-order valence-corrected chi connectivity index (χ0v) is 15.6. The summed E-state index contributed by atoms with van der Waals surface area (Å²) in [5, 5.41) is 9.55. The molecular formula is C19H17ClN4O4. The second-order valence-electron chi connectivity index (χ2n) is 5.81. The van der Waals surface area contributed by atoms with Gasteiger partial charge in [0, 0.05) is 16.3 Å². The average molecular weight is 401 g/mol. The van der Waals surface area contributed by atoms with Crippen LogP contribution in [0.4, 0.5) is 10.5 Å². The molecule has 0 spiro atoms. The molecule has 144 valence electrons. The van der Waals surface area contributed by atoms with Gasteiger partial charge in [0.15, 0.2) is 6.61 Å². The third-order valence-corrected chi connectivity index (χ3v) is 3.89. The van der Waals surface area contributed by atoms with Crippen LogP contribution in [-0.2, 0) is 16.1 Å². The van der Waals surface area contributed by atoms with E-state index in [4.69, 9.17) is 20.9 Å². The molecule has 0 fully saturated rings. The number of rotatable bonds is 6. The SMILES string of the molecule is C[C@H](NC(=O)Nc1ccccc1)C(=O)OCc1nc(-c2ccc(Cl)cc2)no1. The summed E-state index contributed by atoms with van der Waals surface area (Å²) in [5.41, 5.74) is 1.33. The summed E-state index contributed by atoms with van der Waals surface area (Å²) in [7, 11) is 0. The van der Waals surface area contributed by atoms with Gasteiger partial charge in [-0.2, -0.15) is 4.98 Å². The average Bonchev–Trinajstić information content (AvgIpc) is 3.16. The largest absolute Gasteiger partial charge is 0.454 e. The second-order valence-corrected chi connectivity index (χ2v) is 6.25. The van der Waals surface area contributed by atoms with Gasteiger partial charge in [-0.1, -0.05) is 35.0 Å². The van der Waals surface area contributed by atoms with Crippen LogP contribution in [-0.4, -0.2) is 28.2 Å². The molecule has 0 aliphatic heterocycles. The number of nitrogens with one attached hydrogen (secondary N) is 2. The fraction of sp³-hybridized carbons (Fsp3) is 0.158. The smallest absolute Gasteiger partial charge is 0.328 e. The zero-order valence-electron chi connectivity index (χ0n) is 14.9. The van der Waals surface area contributed by atoms with Crippen molar-refractivity contribution in [2.75, 3.05) is 5.32 Å². The Balaban J connectivity index is 1.48. The van der Waals surface area contributed by atoms with E-state index in [0.29, 0.717) is 16.5 Å². The number of ether oxygens (including phenoxy) is 1. The first-order valence-corrected chi connectivity index (χ1v) is 8.77. The van der Waals surface area contributed by atoms with Gasteiger partial charge in [-0.05, 0) is 43.3 Å². The highest BCUT2D eigenvalue weighted by Gasteiger charge is 2.18. The Kier molecular flexibility index (Phi) is 6.23. The van der Waals surface area contributed by atoms with E-state index in [-0.39, 0.29) is 12.5 Å². The fourth-order valence-electron chi connectivity index (χ4n) is 2.23. The number of benzene rings is 2. The number of esters is 1. The predicted octanol–water partition coefficient (Wildman–Crippen LogP) is 3.64. The number of urea groups is 1. The molecule has 0 aliphatic rings. The van der Waals surface area contributed by atoms with Gasteiger partial charge in [0.05, 0.1) is 0 Å². The first kappa shape index (κ1) is 19.4. The van der Waals surface area contributed by atoms with Crippen molar-refractivity contribution in [1.29, 1.82) is 0 Å². The Hall–Kier alpha value is -3.39. The van der Waals surface area contributed by atoms with Gasteiger partial charge < -0.3 is 19.9 Å². The van der Waals surface area contributed by atoms with Gasteiger partial charge in [0.2, 0.25) is 5.82 Å². The lowest BCUT2D eigenvalue weighted by atomic mass is 10.2. The van der Waals surface area contributed by atoms with Crippen molar-refractivity contribution in [1.82, 2.24) is 15.5 Å². The van der Waals surface area contributed by atoms with Gasteiger partial charge in [-0.25, -0.2) is 9.59 Å². The number of nitrogens with zero attached hydrogens (tertiary/aromatic N) is 2. The minimum atomic E-state index is -0.859. The summed E-state index contributed by atoms with van der Waals surface area (Å²) in [5.74, 6) is -0.134. The Morgan fingerprint density at radius 3 is 2.57 bits per heavy atom. The number of aromatic nitrogens is 2. The maximum absolute atomic E-state index is 12.0. The minimum Gasteiger partial charge on any atom is -0.454 e. The number of hydrogen-bond donors (Lipinski definition) is 2. The molecule has 0 aliphatic carbocycles. The summed E-state index contributed by atoms with van der Waals surface area (Å²) in [4.78, 5) is 28.1. The Morgan fingerprint density at radius 2 is 1.86 bits per heavy atom. The highest BCUT2D eigenvalue weighted by atomic mass is 35.5. The van der Waals surface area contributed by atoms with E-state index in [1.807, 2.05) is 6.07 Å². The molecule has 2 amide bonds. The van der Waals surface area contributed by atoms with Gasteiger partial charge in [-0.15, -0.1) is 0 Å². The lowest BCUT2D eigenvalue weighted by Crippen LogP contribution is -2.41. The van der Waals surface area contributed by atoms with E-state index in [0.717, 1.165) is 5.56 Å². The molecule has 0 unspecified atom stereocenters. The van der Waals surface area contributed by atoms with E-state index >= 15 is 0 Å². The molecule has 28 heavy (non-hydrogen) atoms. The molecule has 3 rings (SSSR count). The van der Waals surface area contributed by atoms with Crippen molar-refractivity contribution in [2.24, 2.45) is 0 Å². The van der Waals surface area contributed by atoms with Crippen LogP contribution in [0, 0.1) is 0 Å². The molecule has 0 saturated carbocycles. The van der Waals surface area contributed by atoms with E-state index in [2.05, 4.69) is 20.8 Å². The number of para-hydroxylation sites is 1. The number of anilines is 1. The van der Waals surface area contributed by atoms with Gasteiger partial charge in [-0.3, -0.25) is 0 Å². The third-order valence-electron chi connectivity index (χ3n) is 3.64. The molecule has 1 atom stereocenters. The molecule has 9 heteroatoms. The summed E-state index contributed by atoms with van der Waals surface area (Å²) < 4.78 is 10.2. The summed E-state index contributed by atoms with van der Waals surface area (Å²) >= 11 is 5.84. The van der Waals surface area contributed by atoms with Crippen LogP contribution < -0.4 is 10.6 Å². The van der Waals surface area contributed by atoms with Crippen LogP contribution in [0.5, 0.6) is 0 Å². The first-order chi connectivity index (χ1) is 13.5. The molecule has 8 nitrogen and oxygen atoms in total. The lowest BCUT2D eigenvalue weighted by molar-refractivity contribution is -0.147. The van der Waals surface area contributed by atoms with Crippen LogP contribution in [0.1, 0.15) is 12.8 Å². The number of carbonyl (C=O) groups is 2. The number of amides is 2. The monoisotopic (exact) mass is 400 g/mol. The van der Waals surface area contributed by atoms with E-state index in [1.165, 1.54) is 6.92 Å². The van der Waals surface area contributed by atoms with Crippen LogP contribution in [0.2, 0.25) is 5.02 Å². The predicted molar refractivity (Wildman–Crippen MR) is 103 cm³/mol. The van der Waals surface area contributed by atoms with E-state index in [9.17, 15) is 9.59 Å². The maximum Gasteiger partial charge on any atom is 0.328 e. The van der Waals surface area contributed by atoms with Gasteiger partial charge in [0.1, 0.15) is 6.04 Å². The topological polar surface area (TPSA) is 106 Å². The maximum atomic E-state index is 12.0. The quantitative estimate of drug-likeness (QED) is 0.612. The summed E-state index contributed by atoms with van der Waals surface area (Å²) in [6, 6.07) is 14.4. The van der Waals surface area contributed by atoms with Crippen LogP contribution in [0.3, 0.4) is 0 Å². The Bertz CT molecular complexity index is 944. The first-order valence-electron chi connectivity index (χ1n) is 8.39. The standard InChI is InChI=1S/C19H17ClN4O4/c1-12(21-19(26)22-15-5-3-2-4-6-15)18(25)27-11-16-23-17(24-28-16)13-7-9-14(20)10-8-13/h2-10,12H,11H2,1H3,(H2,21,22,26)/t12-/m0/s1. The zero-order chi connectivity index (χ0) is 19.9. The van der Waals surface area contributed by atoms with Crippen molar-refractivity contribution < 1.29 is 18.8 Å². The molecule has 0 saturated heterocycles. The van der Waals surface area contributed by atoms with Crippen molar-refractivity contribution in [3.05, 3.63) is 65.5 Å². The number of carbonyl (C=O) groups excluding carboxylic acids is 2. The minimum absolute atomic E-state index is 0.138. The molecule has 2 N–H and O–H groups in total. The normalized spacial score (nSPS) is 11.5. The van der Waals surface area contributed by atoms with Crippen LogP contribution >= 0.6 is 11.6 Å². The van der Waals surface area contributed by atoms with Crippen molar-refractivity contribution in [3.8, 4) is 11.4 Å². The highest BCUT2D eigenvalue weighted by molar-refractivity contribution is 6.30. The molecule has 0 radical (unpaired) electrons. The van der Waals surface area contributed by atoms with Crippen molar-refractivity contribution in [2.45, 2.75) is 19.6 Å². The summed E-state index contributed by atoms with van der Waals surface area (Å²) in [6.07, 6.45) is 0. The van der Waals surface area contributed by atoms with Gasteiger partial charge >= 0.3 is 12.0 Å². The molecular weight excluding hydrogens is 384 g/mol. The van der Waals surface area contributed by atoms with Crippen LogP contribution in [0.15, 0.2) is 59.1 Å². The fourth-order valence-corrected chi connectivity index (χ4v) is 2.36. The van der Waals surface area contributed by atoms with Crippen LogP contribution in [0.25, 0.3) is 11.4 Å². The van der Waals surface area contributed by atoms with Crippen molar-refractivity contribution in [3.63, 3.8) is 0 Å². The molecule has 2 aromatic carbocycles. The molecule has 1 heterocycles. The number of hydrogen-bond acceptors (Lipinski definition) is 6. The number of halogens is 1. The molecule has 3 aromatic rings. The summed E-state index contributed by atoms with van der Waals surface area (Å²) in [6.45, 7) is 1.31. The Labute approximate surface area is 165 Å².